The Balaban J connectivity index is 1.43. The Labute approximate surface area is 200 Å². The lowest BCUT2D eigenvalue weighted by Gasteiger charge is -2.37. The number of nitriles is 1. The van der Waals surface area contributed by atoms with Crippen LogP contribution < -0.4 is 9.80 Å². The van der Waals surface area contributed by atoms with E-state index in [4.69, 9.17) is 14.7 Å². The Hall–Kier alpha value is -3.66. The zero-order valence-corrected chi connectivity index (χ0v) is 19.3. The van der Waals surface area contributed by atoms with E-state index in [2.05, 4.69) is 28.0 Å². The standard InChI is InChI=1S/C27H29N5O2/c28-19-22(27(33)34-21-11-5-2-6-12-21)25-26(30-24-14-8-7-13-23(24)29-25)32-17-15-31(16-18-32)20-9-3-1-4-10-20/h1,3-4,7-10,13-14,21-22H,2,5-6,11-12,15-18H2/t22-/m1/s1. The molecule has 1 saturated heterocycles. The number of para-hydroxylation sites is 3. The molecule has 1 saturated carbocycles. The first-order valence-electron chi connectivity index (χ1n) is 12.1. The number of aromatic nitrogens is 2. The largest absolute Gasteiger partial charge is 0.461 e. The third-order valence-electron chi connectivity index (χ3n) is 6.75. The van der Waals surface area contributed by atoms with E-state index in [-0.39, 0.29) is 6.10 Å². The molecule has 34 heavy (non-hydrogen) atoms. The highest BCUT2D eigenvalue weighted by Gasteiger charge is 2.33. The Kier molecular flexibility index (Phi) is 6.57. The number of rotatable bonds is 5. The van der Waals surface area contributed by atoms with Crippen molar-refractivity contribution >= 4 is 28.5 Å². The molecule has 0 unspecified atom stereocenters. The fourth-order valence-corrected chi connectivity index (χ4v) is 4.89. The topological polar surface area (TPSA) is 82.3 Å². The van der Waals surface area contributed by atoms with Crippen molar-refractivity contribution in [2.45, 2.75) is 44.1 Å². The van der Waals surface area contributed by atoms with Crippen LogP contribution in [-0.4, -0.2) is 48.2 Å². The van der Waals surface area contributed by atoms with E-state index < -0.39 is 11.9 Å². The number of fused-ring (bicyclic) bond motifs is 1. The minimum Gasteiger partial charge on any atom is -0.461 e. The van der Waals surface area contributed by atoms with Crippen molar-refractivity contribution in [2.75, 3.05) is 36.0 Å². The Morgan fingerprint density at radius 1 is 0.882 bits per heavy atom. The Bertz CT molecular complexity index is 1180. The molecule has 0 N–H and O–H groups in total. The van der Waals surface area contributed by atoms with Crippen molar-refractivity contribution in [3.8, 4) is 6.07 Å². The highest BCUT2D eigenvalue weighted by atomic mass is 16.5. The van der Waals surface area contributed by atoms with Gasteiger partial charge in [-0.25, -0.2) is 9.97 Å². The van der Waals surface area contributed by atoms with Gasteiger partial charge in [0.15, 0.2) is 11.7 Å². The van der Waals surface area contributed by atoms with Gasteiger partial charge in [-0.1, -0.05) is 36.8 Å². The molecule has 1 atom stereocenters. The third kappa shape index (κ3) is 4.67. The van der Waals surface area contributed by atoms with E-state index in [9.17, 15) is 10.1 Å². The lowest BCUT2D eigenvalue weighted by Crippen LogP contribution is -2.47. The average Bonchev–Trinajstić information content (AvgIpc) is 2.90. The summed E-state index contributed by atoms with van der Waals surface area (Å²) in [5, 5.41) is 10.0. The highest BCUT2D eigenvalue weighted by Crippen LogP contribution is 2.31. The molecular formula is C27H29N5O2. The van der Waals surface area contributed by atoms with Gasteiger partial charge in [0.05, 0.1) is 17.1 Å². The molecule has 3 aromatic rings. The summed E-state index contributed by atoms with van der Waals surface area (Å²) in [6.45, 7) is 3.10. The molecule has 2 heterocycles. The zero-order chi connectivity index (χ0) is 23.3. The summed E-state index contributed by atoms with van der Waals surface area (Å²) < 4.78 is 5.77. The zero-order valence-electron chi connectivity index (χ0n) is 19.3. The number of nitrogens with zero attached hydrogens (tertiary/aromatic N) is 5. The average molecular weight is 456 g/mol. The summed E-state index contributed by atoms with van der Waals surface area (Å²) in [6, 6.07) is 20.1. The SMILES string of the molecule is N#C[C@@H](C(=O)OC1CCCCC1)c1nc2ccccc2nc1N1CCN(c2ccccc2)CC1. The maximum atomic E-state index is 13.1. The number of benzene rings is 2. The predicted molar refractivity (Wildman–Crippen MR) is 132 cm³/mol. The monoisotopic (exact) mass is 455 g/mol. The minimum atomic E-state index is -1.10. The fraction of sp³-hybridized carbons (Fsp3) is 0.407. The second-order valence-electron chi connectivity index (χ2n) is 8.99. The summed E-state index contributed by atoms with van der Waals surface area (Å²) in [7, 11) is 0. The van der Waals surface area contributed by atoms with Crippen LogP contribution in [0.15, 0.2) is 54.6 Å². The van der Waals surface area contributed by atoms with Gasteiger partial charge >= 0.3 is 5.97 Å². The molecule has 1 aliphatic heterocycles. The number of esters is 1. The number of carbonyl (C=O) groups excluding carboxylic acids is 1. The van der Waals surface area contributed by atoms with Crippen LogP contribution in [0.25, 0.3) is 11.0 Å². The van der Waals surface area contributed by atoms with Crippen molar-refractivity contribution in [3.05, 3.63) is 60.3 Å². The van der Waals surface area contributed by atoms with E-state index >= 15 is 0 Å². The fourth-order valence-electron chi connectivity index (χ4n) is 4.89. The van der Waals surface area contributed by atoms with Gasteiger partial charge in [0, 0.05) is 31.9 Å². The summed E-state index contributed by atoms with van der Waals surface area (Å²) in [6.07, 6.45) is 4.90. The summed E-state index contributed by atoms with van der Waals surface area (Å²) >= 11 is 0. The third-order valence-corrected chi connectivity index (χ3v) is 6.75. The van der Waals surface area contributed by atoms with Crippen molar-refractivity contribution in [3.63, 3.8) is 0 Å². The molecule has 0 spiro atoms. The maximum absolute atomic E-state index is 13.1. The van der Waals surface area contributed by atoms with Gasteiger partial charge in [-0.3, -0.25) is 4.79 Å². The van der Waals surface area contributed by atoms with E-state index in [0.717, 1.165) is 57.4 Å². The molecule has 5 rings (SSSR count). The van der Waals surface area contributed by atoms with Crippen LogP contribution in [0.4, 0.5) is 11.5 Å². The van der Waals surface area contributed by atoms with Crippen molar-refractivity contribution in [1.29, 1.82) is 5.26 Å². The van der Waals surface area contributed by atoms with Crippen molar-refractivity contribution in [1.82, 2.24) is 9.97 Å². The number of anilines is 2. The molecule has 2 aliphatic rings. The van der Waals surface area contributed by atoms with Crippen molar-refractivity contribution < 1.29 is 9.53 Å². The second-order valence-corrected chi connectivity index (χ2v) is 8.99. The number of hydrogen-bond acceptors (Lipinski definition) is 7. The van der Waals surface area contributed by atoms with E-state index in [1.807, 2.05) is 42.5 Å². The highest BCUT2D eigenvalue weighted by molar-refractivity contribution is 5.85. The number of carbonyl (C=O) groups is 1. The van der Waals surface area contributed by atoms with Gasteiger partial charge in [-0.2, -0.15) is 5.26 Å². The summed E-state index contributed by atoms with van der Waals surface area (Å²) in [4.78, 5) is 27.2. The van der Waals surface area contributed by atoms with Crippen LogP contribution in [0.5, 0.6) is 0 Å². The first kappa shape index (κ1) is 22.1. The van der Waals surface area contributed by atoms with Crippen LogP contribution in [0, 0.1) is 11.3 Å². The van der Waals surface area contributed by atoms with Crippen LogP contribution >= 0.6 is 0 Å². The first-order chi connectivity index (χ1) is 16.7. The van der Waals surface area contributed by atoms with E-state index in [1.54, 1.807) is 0 Å². The van der Waals surface area contributed by atoms with Crippen LogP contribution in [0.1, 0.15) is 43.7 Å². The Morgan fingerprint density at radius 3 is 2.18 bits per heavy atom. The number of piperazine rings is 1. The molecule has 7 heteroatoms. The summed E-state index contributed by atoms with van der Waals surface area (Å²) in [5.74, 6) is -0.997. The van der Waals surface area contributed by atoms with Crippen LogP contribution in [0.2, 0.25) is 0 Å². The molecule has 0 amide bonds. The van der Waals surface area contributed by atoms with Gasteiger partial charge in [0.1, 0.15) is 11.8 Å². The first-order valence-corrected chi connectivity index (χ1v) is 12.1. The Morgan fingerprint density at radius 2 is 1.50 bits per heavy atom. The normalized spacial score (nSPS) is 17.9. The molecule has 1 aliphatic carbocycles. The number of hydrogen-bond donors (Lipinski definition) is 0. The van der Waals surface area contributed by atoms with Crippen molar-refractivity contribution in [2.24, 2.45) is 0 Å². The molecule has 0 bridgehead atoms. The molecule has 7 nitrogen and oxygen atoms in total. The van der Waals surface area contributed by atoms with Crippen LogP contribution in [0.3, 0.4) is 0 Å². The molecule has 2 fully saturated rings. The van der Waals surface area contributed by atoms with Gasteiger partial charge in [-0.05, 0) is 49.9 Å². The molecule has 1 aromatic heterocycles. The van der Waals surface area contributed by atoms with Gasteiger partial charge in [-0.15, -0.1) is 0 Å². The van der Waals surface area contributed by atoms with Gasteiger partial charge in [0.2, 0.25) is 0 Å². The number of ether oxygens (including phenoxy) is 1. The van der Waals surface area contributed by atoms with Gasteiger partial charge < -0.3 is 14.5 Å². The molecule has 2 aromatic carbocycles. The quantitative estimate of drug-likeness (QED) is 0.526. The van der Waals surface area contributed by atoms with E-state index in [1.165, 1.54) is 12.1 Å². The predicted octanol–water partition coefficient (Wildman–Crippen LogP) is 4.44. The summed E-state index contributed by atoms with van der Waals surface area (Å²) in [5.41, 5.74) is 3.02. The molecule has 0 radical (unpaired) electrons. The van der Waals surface area contributed by atoms with Crippen LogP contribution in [-0.2, 0) is 9.53 Å². The van der Waals surface area contributed by atoms with Gasteiger partial charge in [0.25, 0.3) is 0 Å². The maximum Gasteiger partial charge on any atom is 0.329 e. The molecular weight excluding hydrogens is 426 g/mol. The lowest BCUT2D eigenvalue weighted by atomic mass is 9.97. The minimum absolute atomic E-state index is 0.108. The second kappa shape index (κ2) is 10.1. The smallest absolute Gasteiger partial charge is 0.329 e. The lowest BCUT2D eigenvalue weighted by molar-refractivity contribution is -0.150. The van der Waals surface area contributed by atoms with E-state index in [0.29, 0.717) is 17.0 Å². The molecule has 174 valence electrons.